The Hall–Kier alpha value is -1.58. The van der Waals surface area contributed by atoms with E-state index in [0.29, 0.717) is 0 Å². The molecule has 9 heteroatoms. The summed E-state index contributed by atoms with van der Waals surface area (Å²) < 4.78 is 30.8. The third-order valence-corrected chi connectivity index (χ3v) is 4.77. The van der Waals surface area contributed by atoms with Crippen molar-refractivity contribution in [1.82, 2.24) is 5.32 Å². The molecule has 1 saturated heterocycles. The minimum atomic E-state index is -0.784. The molecule has 1 aliphatic heterocycles. The van der Waals surface area contributed by atoms with Gasteiger partial charge in [0.15, 0.2) is 5.17 Å². The van der Waals surface area contributed by atoms with Crippen molar-refractivity contribution in [3.8, 4) is 0 Å². The summed E-state index contributed by atoms with van der Waals surface area (Å²) in [4.78, 5) is 11.8. The van der Waals surface area contributed by atoms with Crippen molar-refractivity contribution in [1.29, 1.82) is 5.41 Å². The monoisotopic (exact) mass is 398 g/mol. The fourth-order valence-corrected chi connectivity index (χ4v) is 2.61. The normalized spacial score (nSPS) is 19.6. The number of hydrogen-bond acceptors (Lipinski definition) is 6. The maximum atomic E-state index is 14.1. The average molecular weight is 398 g/mol. The summed E-state index contributed by atoms with van der Waals surface area (Å²) in [6.07, 6.45) is 1.68. The van der Waals surface area contributed by atoms with Crippen LogP contribution in [-0.4, -0.2) is 35.2 Å². The Labute approximate surface area is 165 Å². The molecule has 1 aliphatic rings. The van der Waals surface area contributed by atoms with Crippen LogP contribution in [0.5, 0.6) is 0 Å². The molecular formula is C18H28BFN2O4S. The van der Waals surface area contributed by atoms with Crippen LogP contribution in [0.1, 0.15) is 48.5 Å². The first kappa shape index (κ1) is 23.5. The average Bonchev–Trinajstić information content (AvgIpc) is 2.68. The number of alkyl carbamates (subject to hydrolysis) is 1. The minimum absolute atomic E-state index is 0.0840. The second kappa shape index (κ2) is 8.62. The summed E-state index contributed by atoms with van der Waals surface area (Å²) in [6.45, 7) is 16.2. The van der Waals surface area contributed by atoms with Crippen molar-refractivity contribution in [2.24, 2.45) is 0 Å². The first-order valence-electron chi connectivity index (χ1n) is 8.49. The van der Waals surface area contributed by atoms with E-state index >= 15 is 0 Å². The highest BCUT2D eigenvalue weighted by molar-refractivity contribution is 8.17. The number of rotatable bonds is 4. The van der Waals surface area contributed by atoms with E-state index in [4.69, 9.17) is 19.5 Å². The fourth-order valence-electron chi connectivity index (χ4n) is 1.93. The third-order valence-electron chi connectivity index (χ3n) is 3.92. The van der Waals surface area contributed by atoms with Gasteiger partial charge in [-0.2, -0.15) is 0 Å². The molecule has 1 fully saturated rings. The summed E-state index contributed by atoms with van der Waals surface area (Å²) in [5, 5.41) is 9.83. The van der Waals surface area contributed by atoms with Gasteiger partial charge in [0, 0.05) is 0 Å². The van der Waals surface area contributed by atoms with Gasteiger partial charge in [-0.05, 0) is 66.3 Å². The molecule has 2 N–H and O–H groups in total. The quantitative estimate of drug-likeness (QED) is 0.310. The van der Waals surface area contributed by atoms with Crippen molar-refractivity contribution in [2.45, 2.75) is 65.3 Å². The van der Waals surface area contributed by atoms with Gasteiger partial charge in [-0.1, -0.05) is 18.6 Å². The Balaban J connectivity index is 2.80. The zero-order valence-corrected chi connectivity index (χ0v) is 17.8. The van der Waals surface area contributed by atoms with Gasteiger partial charge in [-0.3, -0.25) is 10.7 Å². The van der Waals surface area contributed by atoms with E-state index in [0.717, 1.165) is 17.8 Å². The van der Waals surface area contributed by atoms with E-state index in [1.165, 1.54) is 6.08 Å². The van der Waals surface area contributed by atoms with Crippen LogP contribution in [0.2, 0.25) is 0 Å². The maximum Gasteiger partial charge on any atom is 0.487 e. The molecular weight excluding hydrogens is 370 g/mol. The summed E-state index contributed by atoms with van der Waals surface area (Å²) in [6, 6.07) is 0. The van der Waals surface area contributed by atoms with Crippen molar-refractivity contribution >= 4 is 30.1 Å². The molecule has 0 aromatic rings. The molecule has 0 aliphatic carbocycles. The molecule has 6 nitrogen and oxygen atoms in total. The lowest BCUT2D eigenvalue weighted by molar-refractivity contribution is 0.00578. The molecule has 0 aromatic heterocycles. The molecule has 0 bridgehead atoms. The highest BCUT2D eigenvalue weighted by Gasteiger charge is 2.50. The number of allylic oxidation sites excluding steroid dienone is 3. The molecule has 1 heterocycles. The first-order valence-corrected chi connectivity index (χ1v) is 9.31. The van der Waals surface area contributed by atoms with Crippen LogP contribution < -0.4 is 5.32 Å². The maximum absolute atomic E-state index is 14.1. The summed E-state index contributed by atoms with van der Waals surface area (Å²) in [5.74, 6) is 0.923. The lowest BCUT2D eigenvalue weighted by Crippen LogP contribution is -2.41. The van der Waals surface area contributed by atoms with E-state index in [1.54, 1.807) is 26.7 Å². The second-order valence-electron chi connectivity index (χ2n) is 7.96. The van der Waals surface area contributed by atoms with Crippen molar-refractivity contribution < 1.29 is 23.2 Å². The Morgan fingerprint density at radius 1 is 1.26 bits per heavy atom. The van der Waals surface area contributed by atoms with E-state index in [2.05, 4.69) is 11.9 Å². The molecule has 150 valence electrons. The van der Waals surface area contributed by atoms with E-state index in [-0.39, 0.29) is 10.1 Å². The largest absolute Gasteiger partial charge is 0.487 e. The predicted octanol–water partition coefficient (Wildman–Crippen LogP) is 4.73. The number of amidine groups is 1. The van der Waals surface area contributed by atoms with Crippen LogP contribution in [0.15, 0.2) is 35.4 Å². The van der Waals surface area contributed by atoms with Crippen LogP contribution in [0.4, 0.5) is 9.18 Å². The molecule has 0 spiro atoms. The molecule has 0 radical (unpaired) electrons. The number of carbonyl (C=O) groups excluding carboxylic acids is 1. The highest BCUT2D eigenvalue weighted by Crippen LogP contribution is 2.37. The number of hydrogen-bond donors (Lipinski definition) is 2. The molecule has 0 unspecified atom stereocenters. The molecule has 0 aromatic carbocycles. The predicted molar refractivity (Wildman–Crippen MR) is 108 cm³/mol. The van der Waals surface area contributed by atoms with Gasteiger partial charge in [-0.15, -0.1) is 0 Å². The SMILES string of the molecule is C=C/C(F)=C(\C=C\B1OC(C)(C)C(C)(C)O1)SC(=N)NC(=O)OC(C)(C)C. The van der Waals surface area contributed by atoms with Gasteiger partial charge < -0.3 is 14.0 Å². The first-order chi connectivity index (χ1) is 12.2. The Morgan fingerprint density at radius 2 is 1.78 bits per heavy atom. The third kappa shape index (κ3) is 7.16. The van der Waals surface area contributed by atoms with Gasteiger partial charge in [0.05, 0.1) is 16.1 Å². The van der Waals surface area contributed by atoms with Gasteiger partial charge in [0.2, 0.25) is 0 Å². The van der Waals surface area contributed by atoms with Crippen molar-refractivity contribution in [3.05, 3.63) is 35.4 Å². The Bertz CT molecular complexity index is 653. The second-order valence-corrected chi connectivity index (χ2v) is 9.01. The highest BCUT2D eigenvalue weighted by atomic mass is 32.2. The molecule has 27 heavy (non-hydrogen) atoms. The number of nitrogens with one attached hydrogen (secondary N) is 2. The van der Waals surface area contributed by atoms with Crippen molar-refractivity contribution in [2.75, 3.05) is 0 Å². The Morgan fingerprint density at radius 3 is 2.22 bits per heavy atom. The number of carbonyl (C=O) groups is 1. The Kier molecular flexibility index (Phi) is 7.49. The zero-order chi connectivity index (χ0) is 21.0. The van der Waals surface area contributed by atoms with Crippen molar-refractivity contribution in [3.63, 3.8) is 0 Å². The molecule has 0 atom stereocenters. The number of amides is 1. The number of thioether (sulfide) groups is 1. The molecule has 1 rings (SSSR count). The number of halogens is 1. The minimum Gasteiger partial charge on any atom is -0.444 e. The van der Waals surface area contributed by atoms with Crippen LogP contribution >= 0.6 is 11.8 Å². The number of ether oxygens (including phenoxy) is 1. The van der Waals surface area contributed by atoms with E-state index < -0.39 is 35.8 Å². The van der Waals surface area contributed by atoms with Crippen LogP contribution in [0.25, 0.3) is 0 Å². The fraction of sp³-hybridized carbons (Fsp3) is 0.556. The summed E-state index contributed by atoms with van der Waals surface area (Å²) in [5.41, 5.74) is -1.72. The van der Waals surface area contributed by atoms with Crippen LogP contribution in [0.3, 0.4) is 0 Å². The standard InChI is InChI=1S/C18H28BFN2O4S/c1-9-12(20)13(27-14(21)22-15(23)24-16(2,3)4)10-11-19-25-17(5,6)18(7,8)26-19/h9-11H,1H2,2-8H3,(H2,21,22,23)/b11-10+,13-12-. The van der Waals surface area contributed by atoms with Gasteiger partial charge in [0.1, 0.15) is 11.4 Å². The lowest BCUT2D eigenvalue weighted by atomic mass is 9.90. The smallest absolute Gasteiger partial charge is 0.444 e. The summed E-state index contributed by atoms with van der Waals surface area (Å²) in [7, 11) is -0.656. The molecule has 1 amide bonds. The van der Waals surface area contributed by atoms with Gasteiger partial charge >= 0.3 is 13.2 Å². The zero-order valence-electron chi connectivity index (χ0n) is 16.9. The van der Waals surface area contributed by atoms with Gasteiger partial charge in [0.25, 0.3) is 0 Å². The van der Waals surface area contributed by atoms with Gasteiger partial charge in [-0.25, -0.2) is 9.18 Å². The van der Waals surface area contributed by atoms with E-state index in [1.807, 2.05) is 27.7 Å². The lowest BCUT2D eigenvalue weighted by Gasteiger charge is -2.32. The van der Waals surface area contributed by atoms with E-state index in [9.17, 15) is 9.18 Å². The topological polar surface area (TPSA) is 80.6 Å². The van der Waals surface area contributed by atoms with Crippen LogP contribution in [0, 0.1) is 5.41 Å². The summed E-state index contributed by atoms with van der Waals surface area (Å²) >= 11 is 0.722. The molecule has 0 saturated carbocycles. The van der Waals surface area contributed by atoms with Crippen LogP contribution in [-0.2, 0) is 14.0 Å².